The third-order valence-electron chi connectivity index (χ3n) is 4.74. The van der Waals surface area contributed by atoms with Gasteiger partial charge in [0.15, 0.2) is 0 Å². The summed E-state index contributed by atoms with van der Waals surface area (Å²) in [5.41, 5.74) is 0.794. The number of likely N-dealkylation sites (N-methyl/N-ethyl adjacent to an activating group) is 1. The molecule has 1 aromatic carbocycles. The van der Waals surface area contributed by atoms with E-state index in [-0.39, 0.29) is 29.8 Å². The van der Waals surface area contributed by atoms with Gasteiger partial charge >= 0.3 is 0 Å². The van der Waals surface area contributed by atoms with Gasteiger partial charge in [0.2, 0.25) is 15.9 Å². The van der Waals surface area contributed by atoms with Gasteiger partial charge in [-0.25, -0.2) is 8.42 Å². The summed E-state index contributed by atoms with van der Waals surface area (Å²) in [6.45, 7) is 1.58. The topological polar surface area (TPSA) is 87.5 Å². The number of benzene rings is 1. The van der Waals surface area contributed by atoms with Crippen LogP contribution in [0, 0.1) is 0 Å². The van der Waals surface area contributed by atoms with Crippen LogP contribution in [0.4, 0.5) is 0 Å². The molecule has 1 atom stereocenters. The zero-order valence-corrected chi connectivity index (χ0v) is 17.6. The number of aromatic nitrogens is 2. The molecule has 1 amide bonds. The average Bonchev–Trinajstić information content (AvgIpc) is 2.94. The fraction of sp³-hybridized carbons (Fsp3) is 0.444. The van der Waals surface area contributed by atoms with Crippen LogP contribution in [0.1, 0.15) is 18.0 Å². The molecule has 1 N–H and O–H groups in total. The summed E-state index contributed by atoms with van der Waals surface area (Å²) < 4.78 is 28.8. The predicted molar refractivity (Wildman–Crippen MR) is 109 cm³/mol. The average molecular weight is 428 g/mol. The zero-order valence-electron chi connectivity index (χ0n) is 16.0. The number of carbonyl (C=O) groups is 1. The van der Waals surface area contributed by atoms with Crippen LogP contribution in [0.3, 0.4) is 0 Å². The van der Waals surface area contributed by atoms with Crippen molar-refractivity contribution < 1.29 is 13.2 Å². The highest BCUT2D eigenvalue weighted by atomic mass is 35.5. The summed E-state index contributed by atoms with van der Waals surface area (Å²) in [4.78, 5) is 15.0. The Morgan fingerprint density at radius 1 is 1.14 bits per heavy atom. The third-order valence-corrected chi connectivity index (χ3v) is 6.65. The van der Waals surface area contributed by atoms with E-state index in [0.29, 0.717) is 26.1 Å². The zero-order chi connectivity index (χ0) is 19.4. The smallest absolute Gasteiger partial charge is 0.244 e. The van der Waals surface area contributed by atoms with E-state index in [0.717, 1.165) is 5.56 Å². The number of nitrogens with zero attached hydrogens (tertiary/aromatic N) is 4. The van der Waals surface area contributed by atoms with Crippen LogP contribution in [-0.4, -0.2) is 66.5 Å². The summed E-state index contributed by atoms with van der Waals surface area (Å²) in [5.74, 6) is -0.0653. The lowest BCUT2D eigenvalue weighted by molar-refractivity contribution is -0.133. The maximum Gasteiger partial charge on any atom is 0.244 e. The molecule has 0 aliphatic carbocycles. The Morgan fingerprint density at radius 3 is 2.46 bits per heavy atom. The van der Waals surface area contributed by atoms with Gasteiger partial charge < -0.3 is 10.2 Å². The third kappa shape index (κ3) is 4.72. The molecule has 0 radical (unpaired) electrons. The van der Waals surface area contributed by atoms with Crippen molar-refractivity contribution in [2.45, 2.75) is 17.4 Å². The monoisotopic (exact) mass is 427 g/mol. The van der Waals surface area contributed by atoms with Crippen molar-refractivity contribution in [3.8, 4) is 0 Å². The highest BCUT2D eigenvalue weighted by Gasteiger charge is 2.31. The molecule has 8 nitrogen and oxygen atoms in total. The SMILES string of the molecule is CNC(C(=O)N1CCCN(S(=O)(=O)c2ccccc2)CC1)c1cnn(C)c1.Cl. The molecule has 0 saturated carbocycles. The van der Waals surface area contributed by atoms with Crippen LogP contribution < -0.4 is 5.32 Å². The predicted octanol–water partition coefficient (Wildman–Crippen LogP) is 1.03. The minimum absolute atomic E-state index is 0. The van der Waals surface area contributed by atoms with Crippen molar-refractivity contribution in [2.75, 3.05) is 33.2 Å². The lowest BCUT2D eigenvalue weighted by Crippen LogP contribution is -2.42. The quantitative estimate of drug-likeness (QED) is 0.769. The van der Waals surface area contributed by atoms with Gasteiger partial charge in [-0.15, -0.1) is 12.4 Å². The molecule has 154 valence electrons. The van der Waals surface area contributed by atoms with Crippen molar-refractivity contribution in [3.05, 3.63) is 48.3 Å². The summed E-state index contributed by atoms with van der Waals surface area (Å²) in [6.07, 6.45) is 4.08. The maximum absolute atomic E-state index is 13.0. The summed E-state index contributed by atoms with van der Waals surface area (Å²) >= 11 is 0. The van der Waals surface area contributed by atoms with Gasteiger partial charge in [0.1, 0.15) is 6.04 Å². The van der Waals surface area contributed by atoms with E-state index in [4.69, 9.17) is 0 Å². The number of aryl methyl sites for hydroxylation is 1. The second-order valence-corrected chi connectivity index (χ2v) is 8.50. The van der Waals surface area contributed by atoms with Gasteiger partial charge in [0, 0.05) is 45.0 Å². The van der Waals surface area contributed by atoms with E-state index in [1.807, 2.05) is 6.20 Å². The highest BCUT2D eigenvalue weighted by molar-refractivity contribution is 7.89. The van der Waals surface area contributed by atoms with Crippen LogP contribution in [0.2, 0.25) is 0 Å². The normalized spacial score (nSPS) is 16.9. The van der Waals surface area contributed by atoms with Crippen LogP contribution in [0.15, 0.2) is 47.6 Å². The molecule has 1 fully saturated rings. The number of hydrogen-bond donors (Lipinski definition) is 1. The molecule has 1 aliphatic heterocycles. The molecule has 2 heterocycles. The van der Waals surface area contributed by atoms with Gasteiger partial charge in [-0.05, 0) is 25.6 Å². The van der Waals surface area contributed by atoms with Crippen molar-refractivity contribution in [1.29, 1.82) is 0 Å². The Hall–Kier alpha value is -1.94. The van der Waals surface area contributed by atoms with Gasteiger partial charge in [0.05, 0.1) is 11.1 Å². The fourth-order valence-electron chi connectivity index (χ4n) is 3.30. The van der Waals surface area contributed by atoms with E-state index in [1.165, 1.54) is 4.31 Å². The summed E-state index contributed by atoms with van der Waals surface area (Å²) in [7, 11) is -0.00254. The minimum atomic E-state index is -3.54. The van der Waals surface area contributed by atoms with Crippen molar-refractivity contribution >= 4 is 28.3 Å². The number of carbonyl (C=O) groups excluding carboxylic acids is 1. The number of amides is 1. The molecule has 0 bridgehead atoms. The van der Waals surface area contributed by atoms with Crippen LogP contribution in [-0.2, 0) is 21.9 Å². The van der Waals surface area contributed by atoms with E-state index in [1.54, 1.807) is 60.2 Å². The van der Waals surface area contributed by atoms with E-state index in [2.05, 4.69) is 10.4 Å². The van der Waals surface area contributed by atoms with Crippen LogP contribution in [0.25, 0.3) is 0 Å². The first kappa shape index (κ1) is 22.4. The molecule has 2 aromatic rings. The number of rotatable bonds is 5. The first-order valence-electron chi connectivity index (χ1n) is 8.93. The highest BCUT2D eigenvalue weighted by Crippen LogP contribution is 2.20. The Morgan fingerprint density at radius 2 is 1.86 bits per heavy atom. The van der Waals surface area contributed by atoms with Crippen LogP contribution in [0.5, 0.6) is 0 Å². The molecule has 1 saturated heterocycles. The Bertz CT molecular complexity index is 888. The molecule has 3 rings (SSSR count). The summed E-state index contributed by atoms with van der Waals surface area (Å²) in [5, 5.41) is 7.17. The largest absolute Gasteiger partial charge is 0.340 e. The lowest BCUT2D eigenvalue weighted by Gasteiger charge is -2.25. The lowest BCUT2D eigenvalue weighted by atomic mass is 10.1. The molecule has 1 aromatic heterocycles. The number of nitrogens with one attached hydrogen (secondary N) is 1. The van der Waals surface area contributed by atoms with Gasteiger partial charge in [0.25, 0.3) is 0 Å². The molecule has 1 aliphatic rings. The first-order valence-corrected chi connectivity index (χ1v) is 10.4. The van der Waals surface area contributed by atoms with Gasteiger partial charge in [-0.2, -0.15) is 9.40 Å². The molecule has 0 spiro atoms. The molecular weight excluding hydrogens is 402 g/mol. The molecule has 10 heteroatoms. The first-order chi connectivity index (χ1) is 12.9. The van der Waals surface area contributed by atoms with Crippen LogP contribution >= 0.6 is 12.4 Å². The van der Waals surface area contributed by atoms with Gasteiger partial charge in [-0.3, -0.25) is 9.48 Å². The second kappa shape index (κ2) is 9.51. The Balaban J connectivity index is 0.00000280. The van der Waals surface area contributed by atoms with Crippen molar-refractivity contribution in [3.63, 3.8) is 0 Å². The number of halogens is 1. The number of sulfonamides is 1. The maximum atomic E-state index is 13.0. The van der Waals surface area contributed by atoms with E-state index < -0.39 is 16.1 Å². The summed E-state index contributed by atoms with van der Waals surface area (Å²) in [6, 6.07) is 7.93. The van der Waals surface area contributed by atoms with Crippen molar-refractivity contribution in [2.24, 2.45) is 7.05 Å². The van der Waals surface area contributed by atoms with E-state index >= 15 is 0 Å². The fourth-order valence-corrected chi connectivity index (χ4v) is 4.79. The van der Waals surface area contributed by atoms with Crippen molar-refractivity contribution in [1.82, 2.24) is 24.3 Å². The molecule has 1 unspecified atom stereocenters. The Labute approximate surface area is 172 Å². The minimum Gasteiger partial charge on any atom is -0.340 e. The number of hydrogen-bond acceptors (Lipinski definition) is 5. The Kier molecular flexibility index (Phi) is 7.59. The van der Waals surface area contributed by atoms with Gasteiger partial charge in [-0.1, -0.05) is 18.2 Å². The second-order valence-electron chi connectivity index (χ2n) is 6.57. The molecular formula is C18H26ClN5O3S. The van der Waals surface area contributed by atoms with E-state index in [9.17, 15) is 13.2 Å². The molecule has 28 heavy (non-hydrogen) atoms. The standard InChI is InChI=1S/C18H25N5O3S.ClH/c1-19-17(15-13-20-21(2)14-15)18(24)22-9-6-10-23(12-11-22)27(25,26)16-7-4-3-5-8-16;/h3-5,7-8,13-14,17,19H,6,9-12H2,1-2H3;1H.